The third-order valence-electron chi connectivity index (χ3n) is 3.67. The molecule has 122 valence electrons. The Morgan fingerprint density at radius 2 is 2.09 bits per heavy atom. The van der Waals surface area contributed by atoms with Gasteiger partial charge in [0.25, 0.3) is 0 Å². The molecule has 1 aliphatic rings. The Morgan fingerprint density at radius 3 is 2.73 bits per heavy atom. The molecule has 1 fully saturated rings. The van der Waals surface area contributed by atoms with Gasteiger partial charge in [-0.25, -0.2) is 13.1 Å². The molecule has 0 aromatic heterocycles. The first-order valence-corrected chi connectivity index (χ1v) is 9.03. The lowest BCUT2D eigenvalue weighted by molar-refractivity contribution is -0.124. The average Bonchev–Trinajstić information content (AvgIpc) is 2.90. The molecule has 1 saturated carbocycles. The van der Waals surface area contributed by atoms with Gasteiger partial charge in [0.2, 0.25) is 15.9 Å². The number of carbonyl (C=O) groups excluding carboxylic acids is 1. The quantitative estimate of drug-likeness (QED) is 0.665. The normalized spacial score (nSPS) is 21.7. The van der Waals surface area contributed by atoms with Crippen LogP contribution in [0.3, 0.4) is 0 Å². The fraction of sp³-hybridized carbons (Fsp3) is 0.500. The average molecular weight is 346 g/mol. The lowest BCUT2D eigenvalue weighted by atomic mass is 10.1. The van der Waals surface area contributed by atoms with Crippen LogP contribution in [0.5, 0.6) is 0 Å². The Bertz CT molecular complexity index is 636. The Balaban J connectivity index is 1.77. The zero-order valence-electron chi connectivity index (χ0n) is 12.1. The lowest BCUT2D eigenvalue weighted by Crippen LogP contribution is -2.37. The molecule has 8 heteroatoms. The summed E-state index contributed by atoms with van der Waals surface area (Å²) < 4.78 is 26.5. The molecule has 0 saturated heterocycles. The number of halogens is 1. The second-order valence-corrected chi connectivity index (χ2v) is 7.62. The maximum atomic E-state index is 12.0. The molecule has 22 heavy (non-hydrogen) atoms. The molecule has 6 nitrogen and oxygen atoms in total. The molecule has 2 atom stereocenters. The van der Waals surface area contributed by atoms with Crippen molar-refractivity contribution in [1.29, 1.82) is 0 Å². The van der Waals surface area contributed by atoms with Gasteiger partial charge >= 0.3 is 0 Å². The molecule has 0 spiro atoms. The van der Waals surface area contributed by atoms with Crippen molar-refractivity contribution in [2.75, 3.05) is 13.1 Å². The number of hydrogen-bond acceptors (Lipinski definition) is 4. The van der Waals surface area contributed by atoms with Crippen molar-refractivity contribution in [2.24, 2.45) is 11.7 Å². The minimum Gasteiger partial charge on any atom is -0.355 e. The highest BCUT2D eigenvalue weighted by molar-refractivity contribution is 7.89. The Morgan fingerprint density at radius 1 is 1.32 bits per heavy atom. The first-order valence-electron chi connectivity index (χ1n) is 7.17. The summed E-state index contributed by atoms with van der Waals surface area (Å²) in [6, 6.07) is 6.11. The lowest BCUT2D eigenvalue weighted by Gasteiger charge is -2.11. The van der Waals surface area contributed by atoms with Gasteiger partial charge in [-0.15, -0.1) is 0 Å². The van der Waals surface area contributed by atoms with Crippen LogP contribution in [-0.2, 0) is 14.8 Å². The summed E-state index contributed by atoms with van der Waals surface area (Å²) in [4.78, 5) is 12.0. The second-order valence-electron chi connectivity index (χ2n) is 5.42. The van der Waals surface area contributed by atoms with E-state index in [0.29, 0.717) is 11.4 Å². The van der Waals surface area contributed by atoms with Crippen LogP contribution in [0.15, 0.2) is 29.2 Å². The van der Waals surface area contributed by atoms with E-state index in [1.807, 2.05) is 0 Å². The summed E-state index contributed by atoms with van der Waals surface area (Å²) in [6.07, 6.45) is 2.35. The number of nitrogens with two attached hydrogens (primary N) is 1. The largest absolute Gasteiger partial charge is 0.355 e. The van der Waals surface area contributed by atoms with Gasteiger partial charge in [0.05, 0.1) is 4.90 Å². The highest BCUT2D eigenvalue weighted by Gasteiger charge is 2.27. The van der Waals surface area contributed by atoms with Crippen LogP contribution in [0.1, 0.15) is 19.3 Å². The summed E-state index contributed by atoms with van der Waals surface area (Å²) >= 11 is 5.78. The van der Waals surface area contributed by atoms with Gasteiger partial charge in [0, 0.05) is 30.1 Å². The zero-order valence-corrected chi connectivity index (χ0v) is 13.7. The molecule has 0 heterocycles. The predicted octanol–water partition coefficient (Wildman–Crippen LogP) is 0.862. The minimum atomic E-state index is -3.61. The van der Waals surface area contributed by atoms with E-state index in [9.17, 15) is 13.2 Å². The van der Waals surface area contributed by atoms with E-state index in [2.05, 4.69) is 10.0 Å². The fourth-order valence-electron chi connectivity index (χ4n) is 2.49. The molecule has 2 rings (SSSR count). The van der Waals surface area contributed by atoms with Crippen molar-refractivity contribution in [3.8, 4) is 0 Å². The predicted molar refractivity (Wildman–Crippen MR) is 85.0 cm³/mol. The summed E-state index contributed by atoms with van der Waals surface area (Å²) in [5, 5.41) is 3.09. The van der Waals surface area contributed by atoms with Crippen LogP contribution in [-0.4, -0.2) is 33.5 Å². The molecule has 0 radical (unpaired) electrons. The second kappa shape index (κ2) is 7.41. The van der Waals surface area contributed by atoms with Gasteiger partial charge in [-0.05, 0) is 37.5 Å². The molecule has 1 aromatic carbocycles. The van der Waals surface area contributed by atoms with Gasteiger partial charge in [-0.1, -0.05) is 17.7 Å². The topological polar surface area (TPSA) is 101 Å². The number of benzene rings is 1. The number of rotatable bonds is 6. The van der Waals surface area contributed by atoms with Crippen LogP contribution in [0, 0.1) is 5.92 Å². The number of hydrogen-bond donors (Lipinski definition) is 3. The maximum Gasteiger partial charge on any atom is 0.240 e. The van der Waals surface area contributed by atoms with Gasteiger partial charge < -0.3 is 11.1 Å². The standard InChI is InChI=1S/C14H20ClN3O3S/c15-11-2-1-3-13(9-11)22(20,21)18-7-6-17-14(19)10-4-5-12(16)8-10/h1-3,9-10,12,18H,4-8,16H2,(H,17,19). The third kappa shape index (κ3) is 4.67. The summed E-state index contributed by atoms with van der Waals surface area (Å²) in [6.45, 7) is 0.365. The van der Waals surface area contributed by atoms with E-state index in [1.54, 1.807) is 12.1 Å². The zero-order chi connectivity index (χ0) is 16.2. The molecule has 0 aliphatic heterocycles. The van der Waals surface area contributed by atoms with Gasteiger partial charge in [-0.3, -0.25) is 4.79 Å². The van der Waals surface area contributed by atoms with Crippen LogP contribution in [0.25, 0.3) is 0 Å². The molecule has 1 aromatic rings. The van der Waals surface area contributed by atoms with Crippen LogP contribution in [0.2, 0.25) is 5.02 Å². The minimum absolute atomic E-state index is 0.0560. The van der Waals surface area contributed by atoms with Crippen molar-refractivity contribution < 1.29 is 13.2 Å². The van der Waals surface area contributed by atoms with E-state index < -0.39 is 10.0 Å². The number of sulfonamides is 1. The van der Waals surface area contributed by atoms with E-state index in [1.165, 1.54) is 12.1 Å². The first-order chi connectivity index (χ1) is 10.4. The van der Waals surface area contributed by atoms with Gasteiger partial charge in [0.15, 0.2) is 0 Å². The van der Waals surface area contributed by atoms with Crippen molar-refractivity contribution in [3.05, 3.63) is 29.3 Å². The smallest absolute Gasteiger partial charge is 0.240 e. The van der Waals surface area contributed by atoms with Crippen molar-refractivity contribution >= 4 is 27.5 Å². The highest BCUT2D eigenvalue weighted by Crippen LogP contribution is 2.23. The first kappa shape index (κ1) is 17.2. The summed E-state index contributed by atoms with van der Waals surface area (Å²) in [7, 11) is -3.61. The highest BCUT2D eigenvalue weighted by atomic mass is 35.5. The summed E-state index contributed by atoms with van der Waals surface area (Å²) in [5.74, 6) is -0.116. The Kier molecular flexibility index (Phi) is 5.80. The monoisotopic (exact) mass is 345 g/mol. The number of carbonyl (C=O) groups is 1. The van der Waals surface area contributed by atoms with E-state index in [-0.39, 0.29) is 35.9 Å². The van der Waals surface area contributed by atoms with Gasteiger partial charge in [-0.2, -0.15) is 0 Å². The maximum absolute atomic E-state index is 12.0. The molecule has 0 bridgehead atoms. The molecule has 1 aliphatic carbocycles. The number of amides is 1. The van der Waals surface area contributed by atoms with E-state index >= 15 is 0 Å². The van der Waals surface area contributed by atoms with Crippen molar-refractivity contribution in [2.45, 2.75) is 30.2 Å². The molecule has 2 unspecified atom stereocenters. The molecular formula is C14H20ClN3O3S. The number of nitrogens with one attached hydrogen (secondary N) is 2. The summed E-state index contributed by atoms with van der Waals surface area (Å²) in [5.41, 5.74) is 5.77. The molecule has 4 N–H and O–H groups in total. The SMILES string of the molecule is NC1CCC(C(=O)NCCNS(=O)(=O)c2cccc(Cl)c2)C1. The van der Waals surface area contributed by atoms with Crippen LogP contribution < -0.4 is 15.8 Å². The van der Waals surface area contributed by atoms with Crippen LogP contribution in [0.4, 0.5) is 0 Å². The molecule has 1 amide bonds. The third-order valence-corrected chi connectivity index (χ3v) is 5.36. The van der Waals surface area contributed by atoms with Crippen molar-refractivity contribution in [1.82, 2.24) is 10.0 Å². The van der Waals surface area contributed by atoms with Crippen LogP contribution >= 0.6 is 11.6 Å². The van der Waals surface area contributed by atoms with E-state index in [4.69, 9.17) is 17.3 Å². The Hall–Kier alpha value is -1.15. The van der Waals surface area contributed by atoms with Crippen molar-refractivity contribution in [3.63, 3.8) is 0 Å². The fourth-order valence-corrected chi connectivity index (χ4v) is 3.82. The Labute approximate surface area is 135 Å². The molecular weight excluding hydrogens is 326 g/mol. The van der Waals surface area contributed by atoms with E-state index in [0.717, 1.165) is 12.8 Å². The van der Waals surface area contributed by atoms with Gasteiger partial charge in [0.1, 0.15) is 0 Å².